The van der Waals surface area contributed by atoms with Gasteiger partial charge in [-0.25, -0.2) is 0 Å². The van der Waals surface area contributed by atoms with E-state index in [9.17, 15) is 26.3 Å². The molecule has 26 heavy (non-hydrogen) atoms. The van der Waals surface area contributed by atoms with Crippen molar-refractivity contribution in [2.24, 2.45) is 0 Å². The Kier molecular flexibility index (Phi) is 4.48. The van der Waals surface area contributed by atoms with Gasteiger partial charge in [-0.3, -0.25) is 4.98 Å². The van der Waals surface area contributed by atoms with Gasteiger partial charge in [-0.1, -0.05) is 36.4 Å². The first kappa shape index (κ1) is 18.0. The Hall–Kier alpha value is -2.83. The highest BCUT2D eigenvalue weighted by molar-refractivity contribution is 5.85. The summed E-state index contributed by atoms with van der Waals surface area (Å²) in [6.45, 7) is 0. The van der Waals surface area contributed by atoms with Crippen LogP contribution in [0.5, 0.6) is 0 Å². The lowest BCUT2D eigenvalue weighted by Crippen LogP contribution is -2.09. The van der Waals surface area contributed by atoms with Gasteiger partial charge in [0.25, 0.3) is 0 Å². The normalized spacial score (nSPS) is 12.2. The number of hydrogen-bond donors (Lipinski definition) is 0. The molecule has 0 atom stereocenters. The average molecular weight is 367 g/mol. The Morgan fingerprint density at radius 3 is 1.50 bits per heavy atom. The standard InChI is InChI=1S/C19H11F6N/c20-18(21,22)16-7-3-1-5-13(16)12-9-10-26-11-15(12)14-6-2-4-8-17(14)19(23,24)25/h1-11H. The number of nitrogens with zero attached hydrogens (tertiary/aromatic N) is 1. The zero-order valence-electron chi connectivity index (χ0n) is 13.1. The van der Waals surface area contributed by atoms with E-state index in [-0.39, 0.29) is 22.3 Å². The van der Waals surface area contributed by atoms with E-state index in [0.29, 0.717) is 0 Å². The van der Waals surface area contributed by atoms with Gasteiger partial charge in [0.2, 0.25) is 0 Å². The summed E-state index contributed by atoms with van der Waals surface area (Å²) in [4.78, 5) is 3.81. The van der Waals surface area contributed by atoms with Crippen molar-refractivity contribution in [3.63, 3.8) is 0 Å². The first-order chi connectivity index (χ1) is 12.2. The van der Waals surface area contributed by atoms with Crippen LogP contribution in [0.2, 0.25) is 0 Å². The SMILES string of the molecule is FC(F)(F)c1ccccc1-c1ccncc1-c1ccccc1C(F)(F)F. The smallest absolute Gasteiger partial charge is 0.264 e. The molecule has 7 heteroatoms. The molecule has 0 saturated carbocycles. The monoisotopic (exact) mass is 367 g/mol. The summed E-state index contributed by atoms with van der Waals surface area (Å²) >= 11 is 0. The summed E-state index contributed by atoms with van der Waals surface area (Å²) in [5.41, 5.74) is -2.26. The van der Waals surface area contributed by atoms with Crippen molar-refractivity contribution >= 4 is 0 Å². The van der Waals surface area contributed by atoms with Crippen molar-refractivity contribution in [2.75, 3.05) is 0 Å². The highest BCUT2D eigenvalue weighted by Crippen LogP contribution is 2.43. The molecular weight excluding hydrogens is 356 g/mol. The second-order valence-corrected chi connectivity index (χ2v) is 5.51. The minimum Gasteiger partial charge on any atom is -0.264 e. The molecule has 134 valence electrons. The molecule has 2 aromatic carbocycles. The zero-order valence-corrected chi connectivity index (χ0v) is 13.1. The molecule has 0 aliphatic heterocycles. The van der Waals surface area contributed by atoms with Crippen LogP contribution in [-0.4, -0.2) is 4.98 Å². The van der Waals surface area contributed by atoms with Gasteiger partial charge in [0.05, 0.1) is 11.1 Å². The summed E-state index contributed by atoms with van der Waals surface area (Å²) in [7, 11) is 0. The first-order valence-corrected chi connectivity index (χ1v) is 7.47. The molecule has 0 bridgehead atoms. The van der Waals surface area contributed by atoms with Gasteiger partial charge in [0.15, 0.2) is 0 Å². The topological polar surface area (TPSA) is 12.9 Å². The van der Waals surface area contributed by atoms with Crippen LogP contribution in [0.15, 0.2) is 67.0 Å². The molecular formula is C19H11F6N. The Morgan fingerprint density at radius 2 is 1.00 bits per heavy atom. The van der Waals surface area contributed by atoms with Crippen LogP contribution in [0, 0.1) is 0 Å². The van der Waals surface area contributed by atoms with Gasteiger partial charge in [-0.2, -0.15) is 26.3 Å². The fourth-order valence-electron chi connectivity index (χ4n) is 2.77. The molecule has 0 radical (unpaired) electrons. The molecule has 0 saturated heterocycles. The lowest BCUT2D eigenvalue weighted by Gasteiger charge is -2.18. The molecule has 0 spiro atoms. The number of rotatable bonds is 2. The molecule has 0 amide bonds. The predicted molar refractivity (Wildman–Crippen MR) is 85.1 cm³/mol. The van der Waals surface area contributed by atoms with Crippen molar-refractivity contribution in [2.45, 2.75) is 12.4 Å². The van der Waals surface area contributed by atoms with E-state index >= 15 is 0 Å². The number of alkyl halides is 6. The summed E-state index contributed by atoms with van der Waals surface area (Å²) < 4.78 is 80.0. The van der Waals surface area contributed by atoms with Crippen molar-refractivity contribution in [1.82, 2.24) is 4.98 Å². The zero-order chi connectivity index (χ0) is 18.9. The van der Waals surface area contributed by atoms with Gasteiger partial charge in [0, 0.05) is 18.0 Å². The van der Waals surface area contributed by atoms with Gasteiger partial charge in [0.1, 0.15) is 0 Å². The summed E-state index contributed by atoms with van der Waals surface area (Å²) in [5, 5.41) is 0. The third kappa shape index (κ3) is 3.42. The van der Waals surface area contributed by atoms with Crippen LogP contribution >= 0.6 is 0 Å². The lowest BCUT2D eigenvalue weighted by molar-refractivity contribution is -0.138. The number of aromatic nitrogens is 1. The molecule has 0 aliphatic rings. The molecule has 0 N–H and O–H groups in total. The molecule has 3 rings (SSSR count). The Balaban J connectivity index is 2.29. The molecule has 1 nitrogen and oxygen atoms in total. The highest BCUT2D eigenvalue weighted by Gasteiger charge is 2.36. The number of benzene rings is 2. The van der Waals surface area contributed by atoms with E-state index in [4.69, 9.17) is 0 Å². The summed E-state index contributed by atoms with van der Waals surface area (Å²) in [6.07, 6.45) is -6.89. The molecule has 1 heterocycles. The van der Waals surface area contributed by atoms with E-state index in [0.717, 1.165) is 18.3 Å². The average Bonchev–Trinajstić information content (AvgIpc) is 2.60. The van der Waals surface area contributed by atoms with Crippen LogP contribution in [0.4, 0.5) is 26.3 Å². The van der Waals surface area contributed by atoms with Gasteiger partial charge >= 0.3 is 12.4 Å². The van der Waals surface area contributed by atoms with Crippen molar-refractivity contribution in [3.8, 4) is 22.3 Å². The van der Waals surface area contributed by atoms with Crippen LogP contribution in [-0.2, 0) is 12.4 Å². The molecule has 0 fully saturated rings. The maximum absolute atomic E-state index is 13.3. The first-order valence-electron chi connectivity index (χ1n) is 7.47. The Morgan fingerprint density at radius 1 is 0.538 bits per heavy atom. The number of halogens is 6. The van der Waals surface area contributed by atoms with E-state index < -0.39 is 23.5 Å². The van der Waals surface area contributed by atoms with Crippen LogP contribution in [0.3, 0.4) is 0 Å². The van der Waals surface area contributed by atoms with E-state index in [1.807, 2.05) is 0 Å². The molecule has 0 aliphatic carbocycles. The lowest BCUT2D eigenvalue weighted by atomic mass is 9.91. The van der Waals surface area contributed by atoms with Crippen LogP contribution in [0.1, 0.15) is 11.1 Å². The summed E-state index contributed by atoms with van der Waals surface area (Å²) in [5.74, 6) is 0. The largest absolute Gasteiger partial charge is 0.417 e. The molecule has 3 aromatic rings. The molecule has 1 aromatic heterocycles. The maximum Gasteiger partial charge on any atom is 0.417 e. The van der Waals surface area contributed by atoms with Crippen molar-refractivity contribution in [1.29, 1.82) is 0 Å². The third-order valence-corrected chi connectivity index (χ3v) is 3.87. The second kappa shape index (κ2) is 6.48. The minimum absolute atomic E-state index is 0.0166. The minimum atomic E-state index is -4.65. The van der Waals surface area contributed by atoms with E-state index in [1.54, 1.807) is 0 Å². The molecule has 0 unspecified atom stereocenters. The second-order valence-electron chi connectivity index (χ2n) is 5.51. The maximum atomic E-state index is 13.3. The Bertz CT molecular complexity index is 851. The van der Waals surface area contributed by atoms with Crippen molar-refractivity contribution in [3.05, 3.63) is 78.1 Å². The van der Waals surface area contributed by atoms with Gasteiger partial charge in [-0.15, -0.1) is 0 Å². The number of hydrogen-bond acceptors (Lipinski definition) is 1. The van der Waals surface area contributed by atoms with Gasteiger partial charge in [-0.05, 0) is 34.9 Å². The fraction of sp³-hybridized carbons (Fsp3) is 0.105. The fourth-order valence-corrected chi connectivity index (χ4v) is 2.77. The van der Waals surface area contributed by atoms with Crippen LogP contribution < -0.4 is 0 Å². The quantitative estimate of drug-likeness (QED) is 0.474. The van der Waals surface area contributed by atoms with E-state index in [1.165, 1.54) is 48.7 Å². The van der Waals surface area contributed by atoms with Crippen molar-refractivity contribution < 1.29 is 26.3 Å². The highest BCUT2D eigenvalue weighted by atomic mass is 19.4. The Labute approximate surface area is 144 Å². The summed E-state index contributed by atoms with van der Waals surface area (Å²) in [6, 6.07) is 10.8. The van der Waals surface area contributed by atoms with Crippen LogP contribution in [0.25, 0.3) is 22.3 Å². The van der Waals surface area contributed by atoms with E-state index in [2.05, 4.69) is 4.98 Å². The number of pyridine rings is 1. The van der Waals surface area contributed by atoms with Gasteiger partial charge < -0.3 is 0 Å². The third-order valence-electron chi connectivity index (χ3n) is 3.87. The predicted octanol–water partition coefficient (Wildman–Crippen LogP) is 6.45.